The van der Waals surface area contributed by atoms with Crippen LogP contribution in [0.3, 0.4) is 0 Å². The van der Waals surface area contributed by atoms with E-state index >= 15 is 0 Å². The molecule has 45 heavy (non-hydrogen) atoms. The first-order valence-electron chi connectivity index (χ1n) is 22.0. The normalized spacial score (nSPS) is 11.6. The Morgan fingerprint density at radius 2 is 0.311 bits per heavy atom. The van der Waals surface area contributed by atoms with E-state index in [1.807, 2.05) is 0 Å². The third kappa shape index (κ3) is 44.4. The van der Waals surface area contributed by atoms with E-state index in [-0.39, 0.29) is 0 Å². The lowest BCUT2D eigenvalue weighted by molar-refractivity contribution is 0.523. The summed E-state index contributed by atoms with van der Waals surface area (Å²) in [5.41, 5.74) is 0. The fraction of sp³-hybridized carbons (Fsp3) is 1.00. The monoisotopic (exact) mass is 651 g/mol. The van der Waals surface area contributed by atoms with E-state index < -0.39 is 0 Å². The lowest BCUT2D eigenvalue weighted by Gasteiger charge is -2.05. The van der Waals surface area contributed by atoms with Gasteiger partial charge in [-0.2, -0.15) is 11.8 Å². The number of unbranched alkanes of at least 4 members (excludes halogenated alkanes) is 38. The summed E-state index contributed by atoms with van der Waals surface area (Å²) in [5, 5.41) is 0. The van der Waals surface area contributed by atoms with Gasteiger partial charge in [-0.25, -0.2) is 0 Å². The summed E-state index contributed by atoms with van der Waals surface area (Å²) >= 11 is 2.23. The van der Waals surface area contributed by atoms with Gasteiger partial charge in [0.1, 0.15) is 0 Å². The van der Waals surface area contributed by atoms with Crippen LogP contribution in [-0.4, -0.2) is 11.5 Å². The van der Waals surface area contributed by atoms with Crippen LogP contribution in [-0.2, 0) is 0 Å². The van der Waals surface area contributed by atoms with Crippen LogP contribution in [0.25, 0.3) is 0 Å². The molecule has 0 aliphatic rings. The van der Waals surface area contributed by atoms with Gasteiger partial charge in [-0.3, -0.25) is 0 Å². The first kappa shape index (κ1) is 45.3. The second-order valence-electron chi connectivity index (χ2n) is 15.0. The van der Waals surface area contributed by atoms with Crippen LogP contribution in [0.1, 0.15) is 271 Å². The van der Waals surface area contributed by atoms with Crippen LogP contribution >= 0.6 is 11.8 Å². The fourth-order valence-corrected chi connectivity index (χ4v) is 8.04. The zero-order valence-corrected chi connectivity index (χ0v) is 32.9. The quantitative estimate of drug-likeness (QED) is 0.0592. The van der Waals surface area contributed by atoms with Crippen LogP contribution in [0.15, 0.2) is 0 Å². The van der Waals surface area contributed by atoms with Gasteiger partial charge in [0.2, 0.25) is 0 Å². The predicted octanol–water partition coefficient (Wildman–Crippen LogP) is 17.4. The summed E-state index contributed by atoms with van der Waals surface area (Å²) in [5.74, 6) is 2.83. The van der Waals surface area contributed by atoms with Crippen LogP contribution < -0.4 is 0 Å². The van der Waals surface area contributed by atoms with Gasteiger partial charge < -0.3 is 0 Å². The molecule has 0 aliphatic heterocycles. The Morgan fingerprint density at radius 3 is 0.467 bits per heavy atom. The van der Waals surface area contributed by atoms with Gasteiger partial charge in [0.05, 0.1) is 0 Å². The molecule has 0 aromatic carbocycles. The minimum atomic E-state index is 1.37. The van der Waals surface area contributed by atoms with Crippen molar-refractivity contribution in [1.82, 2.24) is 0 Å². The summed E-state index contributed by atoms with van der Waals surface area (Å²) in [6, 6.07) is 0. The average molecular weight is 651 g/mol. The second kappa shape index (κ2) is 44.4. The molecule has 0 rings (SSSR count). The van der Waals surface area contributed by atoms with E-state index in [0.29, 0.717) is 0 Å². The smallest absolute Gasteiger partial charge is 0.00675 e. The van der Waals surface area contributed by atoms with Gasteiger partial charge in [-0.05, 0) is 24.3 Å². The highest BCUT2D eigenvalue weighted by molar-refractivity contribution is 7.99. The molecule has 1 heteroatoms. The van der Waals surface area contributed by atoms with Crippen LogP contribution in [0.2, 0.25) is 0 Å². The van der Waals surface area contributed by atoms with E-state index in [9.17, 15) is 0 Å². The summed E-state index contributed by atoms with van der Waals surface area (Å²) in [6.45, 7) is 4.62. The zero-order valence-electron chi connectivity index (χ0n) is 32.1. The maximum Gasteiger partial charge on any atom is -0.00675 e. The van der Waals surface area contributed by atoms with Crippen molar-refractivity contribution in [3.63, 3.8) is 0 Å². The van der Waals surface area contributed by atoms with Crippen molar-refractivity contribution in [3.05, 3.63) is 0 Å². The third-order valence-corrected chi connectivity index (χ3v) is 11.4. The Bertz CT molecular complexity index is 432. The minimum Gasteiger partial charge on any atom is -0.162 e. The molecule has 0 aromatic heterocycles. The standard InChI is InChI=1S/C44H90S/c1-3-5-7-9-11-13-15-17-19-21-23-25-27-29-31-33-35-37-39-41-43-45-44-42-40-38-36-34-32-30-28-26-24-22-20-18-16-14-12-10-8-6-4-2/h3-44H2,1-2H3. The van der Waals surface area contributed by atoms with E-state index in [1.165, 1.54) is 268 Å². The highest BCUT2D eigenvalue weighted by atomic mass is 32.2. The molecule has 0 amide bonds. The summed E-state index contributed by atoms with van der Waals surface area (Å²) in [6.07, 6.45) is 59.1. The molecule has 0 nitrogen and oxygen atoms in total. The second-order valence-corrected chi connectivity index (χ2v) is 16.3. The van der Waals surface area contributed by atoms with E-state index in [4.69, 9.17) is 0 Å². The van der Waals surface area contributed by atoms with Crippen LogP contribution in [0.5, 0.6) is 0 Å². The summed E-state index contributed by atoms with van der Waals surface area (Å²) < 4.78 is 0. The Hall–Kier alpha value is 0.350. The van der Waals surface area contributed by atoms with Crippen molar-refractivity contribution in [2.45, 2.75) is 271 Å². The van der Waals surface area contributed by atoms with E-state index in [2.05, 4.69) is 25.6 Å². The molecule has 0 saturated carbocycles. The molecular formula is C44H90S. The summed E-state index contributed by atoms with van der Waals surface area (Å²) in [4.78, 5) is 0. The number of hydrogen-bond acceptors (Lipinski definition) is 1. The predicted molar refractivity (Wildman–Crippen MR) is 213 cm³/mol. The first-order valence-corrected chi connectivity index (χ1v) is 23.1. The molecule has 0 saturated heterocycles. The van der Waals surface area contributed by atoms with Crippen molar-refractivity contribution in [2.24, 2.45) is 0 Å². The number of rotatable bonds is 42. The van der Waals surface area contributed by atoms with E-state index in [0.717, 1.165) is 0 Å². The van der Waals surface area contributed by atoms with Crippen molar-refractivity contribution in [1.29, 1.82) is 0 Å². The van der Waals surface area contributed by atoms with Gasteiger partial charge in [-0.1, -0.05) is 258 Å². The van der Waals surface area contributed by atoms with Crippen molar-refractivity contribution in [3.8, 4) is 0 Å². The maximum atomic E-state index is 2.31. The van der Waals surface area contributed by atoms with Crippen molar-refractivity contribution >= 4 is 11.8 Å². The number of thioether (sulfide) groups is 1. The SMILES string of the molecule is CCCCCCCCCCCCCCCCCCCCCCSCCCCCCCCCCCCCCCCCCCCCC. The Balaban J connectivity index is 3.03. The number of hydrogen-bond donors (Lipinski definition) is 0. The lowest BCUT2D eigenvalue weighted by atomic mass is 10.0. The highest BCUT2D eigenvalue weighted by Crippen LogP contribution is 2.18. The molecule has 0 aromatic rings. The summed E-state index contributed by atoms with van der Waals surface area (Å²) in [7, 11) is 0. The first-order chi connectivity index (χ1) is 22.4. The average Bonchev–Trinajstić information content (AvgIpc) is 3.05. The fourth-order valence-electron chi connectivity index (χ4n) is 7.02. The Labute approximate surface area is 293 Å². The van der Waals surface area contributed by atoms with Crippen molar-refractivity contribution in [2.75, 3.05) is 11.5 Å². The van der Waals surface area contributed by atoms with Crippen molar-refractivity contribution < 1.29 is 0 Å². The third-order valence-electron chi connectivity index (χ3n) is 10.3. The van der Waals surface area contributed by atoms with Crippen LogP contribution in [0, 0.1) is 0 Å². The Kier molecular flexibility index (Phi) is 44.7. The van der Waals surface area contributed by atoms with Crippen LogP contribution in [0.4, 0.5) is 0 Å². The van der Waals surface area contributed by atoms with Gasteiger partial charge in [-0.15, -0.1) is 0 Å². The maximum absolute atomic E-state index is 2.31. The molecular weight excluding hydrogens is 561 g/mol. The topological polar surface area (TPSA) is 0 Å². The molecule has 0 fully saturated rings. The van der Waals surface area contributed by atoms with E-state index in [1.54, 1.807) is 0 Å². The molecule has 0 atom stereocenters. The molecule has 0 radical (unpaired) electrons. The molecule has 0 aliphatic carbocycles. The highest BCUT2D eigenvalue weighted by Gasteiger charge is 1.98. The molecule has 272 valence electrons. The largest absolute Gasteiger partial charge is 0.162 e. The van der Waals surface area contributed by atoms with Gasteiger partial charge in [0, 0.05) is 0 Å². The molecule has 0 unspecified atom stereocenters. The molecule has 0 bridgehead atoms. The lowest BCUT2D eigenvalue weighted by Crippen LogP contribution is -1.87. The molecule has 0 N–H and O–H groups in total. The van der Waals surface area contributed by atoms with Gasteiger partial charge in [0.25, 0.3) is 0 Å². The van der Waals surface area contributed by atoms with Gasteiger partial charge in [0.15, 0.2) is 0 Å². The zero-order chi connectivity index (χ0) is 32.4. The Morgan fingerprint density at radius 1 is 0.178 bits per heavy atom. The molecule has 0 heterocycles. The minimum absolute atomic E-state index is 1.37. The molecule has 0 spiro atoms. The van der Waals surface area contributed by atoms with Gasteiger partial charge >= 0.3 is 0 Å².